The predicted molar refractivity (Wildman–Crippen MR) is 95.0 cm³/mol. The van der Waals surface area contributed by atoms with Gasteiger partial charge in [0.05, 0.1) is 22.7 Å². The molecule has 0 saturated carbocycles. The molecule has 3 rings (SSSR count). The number of rotatable bonds is 2. The van der Waals surface area contributed by atoms with Gasteiger partial charge in [-0.2, -0.15) is 0 Å². The molecule has 2 aromatic carbocycles. The molecule has 0 spiro atoms. The Bertz CT molecular complexity index is 617. The molecule has 0 aliphatic carbocycles. The fraction of sp³-hybridized carbons (Fsp3) is 0.250. The van der Waals surface area contributed by atoms with Crippen molar-refractivity contribution in [1.29, 1.82) is 0 Å². The molecule has 1 heterocycles. The molecule has 0 amide bonds. The van der Waals surface area contributed by atoms with Crippen LogP contribution in [0.2, 0.25) is 0 Å². The van der Waals surface area contributed by atoms with Crippen LogP contribution in [-0.4, -0.2) is 26.2 Å². The fourth-order valence-electron chi connectivity index (χ4n) is 2.91. The molecular formula is C16H22N6. The Morgan fingerprint density at radius 3 is 1.27 bits per heavy atom. The number of nitrogens with zero attached hydrogens (tertiary/aromatic N) is 2. The lowest BCUT2D eigenvalue weighted by Crippen LogP contribution is -2.47. The molecule has 2 aromatic rings. The number of anilines is 6. The lowest BCUT2D eigenvalue weighted by Gasteiger charge is -2.38. The lowest BCUT2D eigenvalue weighted by molar-refractivity contribution is 0.655. The summed E-state index contributed by atoms with van der Waals surface area (Å²) in [6.07, 6.45) is 0. The van der Waals surface area contributed by atoms with Gasteiger partial charge in [0, 0.05) is 37.6 Å². The topological polar surface area (TPSA) is 111 Å². The summed E-state index contributed by atoms with van der Waals surface area (Å²) in [6, 6.07) is 11.3. The molecule has 22 heavy (non-hydrogen) atoms. The molecule has 1 aliphatic heterocycles. The minimum atomic E-state index is 0.689. The van der Waals surface area contributed by atoms with Crippen LogP contribution in [0, 0.1) is 0 Å². The van der Waals surface area contributed by atoms with Crippen molar-refractivity contribution in [2.45, 2.75) is 0 Å². The smallest absolute Gasteiger partial charge is 0.0602 e. The van der Waals surface area contributed by atoms with Gasteiger partial charge in [0.1, 0.15) is 0 Å². The van der Waals surface area contributed by atoms with Crippen molar-refractivity contribution in [2.24, 2.45) is 0 Å². The molecule has 1 saturated heterocycles. The van der Waals surface area contributed by atoms with Crippen LogP contribution >= 0.6 is 0 Å². The zero-order valence-electron chi connectivity index (χ0n) is 12.5. The first kappa shape index (κ1) is 14.2. The van der Waals surface area contributed by atoms with Crippen LogP contribution in [0.1, 0.15) is 0 Å². The number of hydrogen-bond acceptors (Lipinski definition) is 6. The molecule has 0 aromatic heterocycles. The Balaban J connectivity index is 1.72. The van der Waals surface area contributed by atoms with Gasteiger partial charge in [0.2, 0.25) is 0 Å². The summed E-state index contributed by atoms with van der Waals surface area (Å²) in [5.74, 6) is 0. The summed E-state index contributed by atoms with van der Waals surface area (Å²) in [5.41, 5.74) is 28.6. The molecule has 6 heteroatoms. The quantitative estimate of drug-likeness (QED) is 0.623. The highest BCUT2D eigenvalue weighted by molar-refractivity contribution is 5.74. The van der Waals surface area contributed by atoms with E-state index in [1.807, 2.05) is 24.3 Å². The van der Waals surface area contributed by atoms with Gasteiger partial charge in [-0.25, -0.2) is 0 Å². The van der Waals surface area contributed by atoms with Crippen LogP contribution in [0.15, 0.2) is 36.4 Å². The van der Waals surface area contributed by atoms with Gasteiger partial charge >= 0.3 is 0 Å². The van der Waals surface area contributed by atoms with E-state index in [1.165, 1.54) is 0 Å². The average molecular weight is 298 g/mol. The maximum atomic E-state index is 6.07. The van der Waals surface area contributed by atoms with Crippen molar-refractivity contribution in [3.8, 4) is 0 Å². The molecule has 8 N–H and O–H groups in total. The van der Waals surface area contributed by atoms with E-state index in [9.17, 15) is 0 Å². The van der Waals surface area contributed by atoms with Crippen LogP contribution in [0.5, 0.6) is 0 Å². The molecule has 116 valence electrons. The van der Waals surface area contributed by atoms with Gasteiger partial charge in [-0.05, 0) is 36.4 Å². The summed E-state index contributed by atoms with van der Waals surface area (Å²) in [6.45, 7) is 3.55. The largest absolute Gasteiger partial charge is 0.399 e. The predicted octanol–water partition coefficient (Wildman–Crippen LogP) is 1.34. The SMILES string of the molecule is Nc1ccc(N2CCN(c3ccc(N)cc3N)CC2)c(N)c1. The third kappa shape index (κ3) is 2.67. The van der Waals surface area contributed by atoms with Crippen LogP contribution < -0.4 is 32.7 Å². The summed E-state index contributed by atoms with van der Waals surface area (Å²) in [5, 5.41) is 0. The second-order valence-electron chi connectivity index (χ2n) is 5.61. The molecule has 0 unspecified atom stereocenters. The maximum Gasteiger partial charge on any atom is 0.0602 e. The zero-order valence-corrected chi connectivity index (χ0v) is 12.5. The molecule has 6 nitrogen and oxygen atoms in total. The number of nitrogen functional groups attached to an aromatic ring is 4. The van der Waals surface area contributed by atoms with Crippen molar-refractivity contribution in [2.75, 3.05) is 58.9 Å². The molecular weight excluding hydrogens is 276 g/mol. The number of piperazine rings is 1. The number of hydrogen-bond donors (Lipinski definition) is 4. The lowest BCUT2D eigenvalue weighted by atomic mass is 10.1. The molecule has 1 fully saturated rings. The van der Waals surface area contributed by atoms with Gasteiger partial charge in [-0.15, -0.1) is 0 Å². The Labute approximate surface area is 130 Å². The highest BCUT2D eigenvalue weighted by Crippen LogP contribution is 2.30. The van der Waals surface area contributed by atoms with E-state index < -0.39 is 0 Å². The fourth-order valence-corrected chi connectivity index (χ4v) is 2.91. The van der Waals surface area contributed by atoms with Gasteiger partial charge in [-0.3, -0.25) is 0 Å². The first-order valence-electron chi connectivity index (χ1n) is 7.34. The van der Waals surface area contributed by atoms with Crippen LogP contribution in [0.25, 0.3) is 0 Å². The standard InChI is InChI=1S/C16H22N6/c17-11-1-3-15(13(19)9-11)21-5-7-22(8-6-21)16-4-2-12(18)10-14(16)20/h1-4,9-10H,5-8,17-20H2. The van der Waals surface area contributed by atoms with Crippen LogP contribution in [0.4, 0.5) is 34.1 Å². The van der Waals surface area contributed by atoms with Crippen LogP contribution in [-0.2, 0) is 0 Å². The van der Waals surface area contributed by atoms with Crippen molar-refractivity contribution in [1.82, 2.24) is 0 Å². The zero-order chi connectivity index (χ0) is 15.7. The van der Waals surface area contributed by atoms with E-state index in [-0.39, 0.29) is 0 Å². The molecule has 0 radical (unpaired) electrons. The number of benzene rings is 2. The second-order valence-corrected chi connectivity index (χ2v) is 5.61. The summed E-state index contributed by atoms with van der Waals surface area (Å²) in [7, 11) is 0. The van der Waals surface area contributed by atoms with E-state index in [1.54, 1.807) is 12.1 Å². The molecule has 0 bridgehead atoms. The third-order valence-corrected chi connectivity index (χ3v) is 4.06. The Kier molecular flexibility index (Phi) is 3.58. The molecule has 1 aliphatic rings. The number of nitrogens with two attached hydrogens (primary N) is 4. The van der Waals surface area contributed by atoms with E-state index in [4.69, 9.17) is 22.9 Å². The van der Waals surface area contributed by atoms with Crippen molar-refractivity contribution in [3.05, 3.63) is 36.4 Å². The first-order chi connectivity index (χ1) is 10.5. The maximum absolute atomic E-state index is 6.07. The Morgan fingerprint density at radius 2 is 0.955 bits per heavy atom. The van der Waals surface area contributed by atoms with E-state index in [0.717, 1.165) is 48.9 Å². The minimum Gasteiger partial charge on any atom is -0.399 e. The van der Waals surface area contributed by atoms with Gasteiger partial charge in [0.15, 0.2) is 0 Å². The monoisotopic (exact) mass is 298 g/mol. The highest BCUT2D eigenvalue weighted by atomic mass is 15.3. The van der Waals surface area contributed by atoms with Crippen molar-refractivity contribution >= 4 is 34.1 Å². The average Bonchev–Trinajstić information content (AvgIpc) is 2.48. The second kappa shape index (κ2) is 5.55. The molecule has 0 atom stereocenters. The van der Waals surface area contributed by atoms with Gasteiger partial charge in [-0.1, -0.05) is 0 Å². The van der Waals surface area contributed by atoms with Crippen LogP contribution in [0.3, 0.4) is 0 Å². The van der Waals surface area contributed by atoms with Gasteiger partial charge in [0.25, 0.3) is 0 Å². The minimum absolute atomic E-state index is 0.689. The van der Waals surface area contributed by atoms with E-state index in [0.29, 0.717) is 11.4 Å². The summed E-state index contributed by atoms with van der Waals surface area (Å²) < 4.78 is 0. The van der Waals surface area contributed by atoms with E-state index >= 15 is 0 Å². The first-order valence-corrected chi connectivity index (χ1v) is 7.34. The normalized spacial score (nSPS) is 15.1. The van der Waals surface area contributed by atoms with Crippen molar-refractivity contribution in [3.63, 3.8) is 0 Å². The van der Waals surface area contributed by atoms with E-state index in [2.05, 4.69) is 9.80 Å². The highest BCUT2D eigenvalue weighted by Gasteiger charge is 2.20. The summed E-state index contributed by atoms with van der Waals surface area (Å²) >= 11 is 0. The Hall–Kier alpha value is -2.76. The third-order valence-electron chi connectivity index (χ3n) is 4.06. The van der Waals surface area contributed by atoms with Crippen molar-refractivity contribution < 1.29 is 0 Å². The van der Waals surface area contributed by atoms with Gasteiger partial charge < -0.3 is 32.7 Å². The Morgan fingerprint density at radius 1 is 0.591 bits per heavy atom. The summed E-state index contributed by atoms with van der Waals surface area (Å²) in [4.78, 5) is 4.55.